The molecule has 0 aliphatic heterocycles. The number of esters is 1. The van der Waals surface area contributed by atoms with Crippen LogP contribution in [0.5, 0.6) is 11.5 Å². The molecule has 0 aromatic heterocycles. The number of rotatable bonds is 9. The van der Waals surface area contributed by atoms with Crippen LogP contribution >= 0.6 is 34.8 Å². The molecule has 0 atom stereocenters. The average Bonchev–Trinajstić information content (AvgIpc) is 2.88. The Morgan fingerprint density at radius 1 is 0.973 bits per heavy atom. The smallest absolute Gasteiger partial charge is 0.337 e. The predicted molar refractivity (Wildman–Crippen MR) is 143 cm³/mol. The number of anilines is 1. The molecule has 7 nitrogen and oxygen atoms in total. The van der Waals surface area contributed by atoms with Gasteiger partial charge in [0, 0.05) is 5.69 Å². The third kappa shape index (κ3) is 7.40. The van der Waals surface area contributed by atoms with E-state index < -0.39 is 11.9 Å². The topological polar surface area (TPSA) is 97.7 Å². The minimum absolute atomic E-state index is 0.159. The van der Waals surface area contributed by atoms with Crippen molar-refractivity contribution in [3.05, 3.63) is 91.9 Å². The summed E-state index contributed by atoms with van der Waals surface area (Å²) in [6.45, 7) is 2.30. The second-order valence-electron chi connectivity index (χ2n) is 7.49. The molecule has 0 heterocycles. The van der Waals surface area contributed by atoms with Crippen molar-refractivity contribution >= 4 is 58.4 Å². The van der Waals surface area contributed by atoms with Gasteiger partial charge in [-0.15, -0.1) is 0 Å². The summed E-state index contributed by atoms with van der Waals surface area (Å²) >= 11 is 18.5. The van der Waals surface area contributed by atoms with Gasteiger partial charge in [0.2, 0.25) is 0 Å². The molecule has 0 saturated carbocycles. The fourth-order valence-corrected chi connectivity index (χ4v) is 3.77. The lowest BCUT2D eigenvalue weighted by atomic mass is 10.1. The van der Waals surface area contributed by atoms with E-state index in [1.807, 2.05) is 6.07 Å². The number of methoxy groups -OCH3 is 1. The number of ether oxygens (including phenoxy) is 3. The summed E-state index contributed by atoms with van der Waals surface area (Å²) in [6, 6.07) is 16.3. The highest BCUT2D eigenvalue weighted by atomic mass is 35.5. The highest BCUT2D eigenvalue weighted by Gasteiger charge is 2.16. The number of amides is 1. The second kappa shape index (κ2) is 13.0. The first kappa shape index (κ1) is 27.9. The van der Waals surface area contributed by atoms with Crippen molar-refractivity contribution in [3.63, 3.8) is 0 Å². The van der Waals surface area contributed by atoms with Crippen LogP contribution in [0.25, 0.3) is 6.08 Å². The summed E-state index contributed by atoms with van der Waals surface area (Å²) in [5, 5.41) is 13.3. The number of hydrogen-bond donors (Lipinski definition) is 1. The van der Waals surface area contributed by atoms with Crippen LogP contribution in [0, 0.1) is 11.3 Å². The normalized spacial score (nSPS) is 10.9. The molecule has 3 rings (SSSR count). The van der Waals surface area contributed by atoms with Gasteiger partial charge >= 0.3 is 5.97 Å². The third-order valence-electron chi connectivity index (χ3n) is 4.94. The average molecular weight is 560 g/mol. The lowest BCUT2D eigenvalue weighted by Crippen LogP contribution is -2.13. The van der Waals surface area contributed by atoms with Crippen molar-refractivity contribution in [2.45, 2.75) is 13.5 Å². The van der Waals surface area contributed by atoms with Crippen LogP contribution in [-0.2, 0) is 16.1 Å². The molecule has 1 N–H and O–H groups in total. The number of carbonyl (C=O) groups is 2. The molecule has 3 aromatic carbocycles. The molecule has 37 heavy (non-hydrogen) atoms. The Morgan fingerprint density at radius 2 is 1.70 bits per heavy atom. The van der Waals surface area contributed by atoms with Gasteiger partial charge in [-0.3, -0.25) is 4.79 Å². The van der Waals surface area contributed by atoms with Gasteiger partial charge in [0.15, 0.2) is 11.5 Å². The molecule has 0 aliphatic carbocycles. The van der Waals surface area contributed by atoms with Gasteiger partial charge in [-0.1, -0.05) is 40.9 Å². The summed E-state index contributed by atoms with van der Waals surface area (Å²) in [5.74, 6) is -0.484. The maximum Gasteiger partial charge on any atom is 0.337 e. The van der Waals surface area contributed by atoms with Gasteiger partial charge in [0.25, 0.3) is 5.91 Å². The van der Waals surface area contributed by atoms with E-state index in [0.29, 0.717) is 45.0 Å². The Balaban J connectivity index is 1.81. The van der Waals surface area contributed by atoms with E-state index >= 15 is 0 Å². The fraction of sp³-hybridized carbons (Fsp3) is 0.148. The van der Waals surface area contributed by atoms with Gasteiger partial charge in [-0.25, -0.2) is 4.79 Å². The van der Waals surface area contributed by atoms with Crippen LogP contribution in [0.2, 0.25) is 15.1 Å². The minimum atomic E-state index is -0.637. The molecule has 0 aliphatic rings. The maximum atomic E-state index is 12.7. The molecule has 0 bridgehead atoms. The Kier molecular flexibility index (Phi) is 9.81. The molecular weight excluding hydrogens is 539 g/mol. The number of carbonyl (C=O) groups excluding carboxylic acids is 2. The number of halogens is 3. The quantitative estimate of drug-likeness (QED) is 0.173. The molecule has 3 aromatic rings. The third-order valence-corrected chi connectivity index (χ3v) is 5.96. The van der Waals surface area contributed by atoms with E-state index in [9.17, 15) is 14.9 Å². The highest BCUT2D eigenvalue weighted by molar-refractivity contribution is 6.42. The molecule has 0 fully saturated rings. The summed E-state index contributed by atoms with van der Waals surface area (Å²) in [5.41, 5.74) is 1.80. The van der Waals surface area contributed by atoms with Gasteiger partial charge in [0.1, 0.15) is 18.2 Å². The number of nitriles is 1. The number of nitrogens with zero attached hydrogens (tertiary/aromatic N) is 1. The van der Waals surface area contributed by atoms with E-state index in [1.54, 1.807) is 37.3 Å². The van der Waals surface area contributed by atoms with Crippen LogP contribution in [0.3, 0.4) is 0 Å². The highest BCUT2D eigenvalue weighted by Crippen LogP contribution is 2.38. The summed E-state index contributed by atoms with van der Waals surface area (Å²) in [7, 11) is 1.28. The first-order chi connectivity index (χ1) is 17.7. The van der Waals surface area contributed by atoms with Crippen molar-refractivity contribution in [3.8, 4) is 17.6 Å². The molecular formula is C27H21Cl3N2O5. The first-order valence-electron chi connectivity index (χ1n) is 10.9. The van der Waals surface area contributed by atoms with Crippen LogP contribution in [0.15, 0.2) is 60.2 Å². The van der Waals surface area contributed by atoms with Crippen molar-refractivity contribution in [2.75, 3.05) is 19.0 Å². The van der Waals surface area contributed by atoms with E-state index in [-0.39, 0.29) is 17.2 Å². The van der Waals surface area contributed by atoms with Gasteiger partial charge in [0.05, 0.1) is 34.3 Å². The zero-order valence-corrected chi connectivity index (χ0v) is 22.1. The van der Waals surface area contributed by atoms with Crippen molar-refractivity contribution < 1.29 is 23.8 Å². The molecule has 190 valence electrons. The molecule has 0 unspecified atom stereocenters. The zero-order chi connectivity index (χ0) is 26.9. The first-order valence-corrected chi connectivity index (χ1v) is 12.0. The van der Waals surface area contributed by atoms with Gasteiger partial charge < -0.3 is 19.5 Å². The fourth-order valence-electron chi connectivity index (χ4n) is 3.18. The Morgan fingerprint density at radius 3 is 2.32 bits per heavy atom. The predicted octanol–water partition coefficient (Wildman–Crippen LogP) is 6.96. The van der Waals surface area contributed by atoms with Crippen LogP contribution in [-0.4, -0.2) is 25.6 Å². The Hall–Kier alpha value is -3.70. The van der Waals surface area contributed by atoms with E-state index in [0.717, 1.165) is 5.56 Å². The zero-order valence-electron chi connectivity index (χ0n) is 19.8. The van der Waals surface area contributed by atoms with Crippen LogP contribution < -0.4 is 14.8 Å². The Labute approximate surface area is 229 Å². The minimum Gasteiger partial charge on any atom is -0.490 e. The van der Waals surface area contributed by atoms with E-state index in [2.05, 4.69) is 10.1 Å². The maximum absolute atomic E-state index is 12.7. The van der Waals surface area contributed by atoms with Crippen molar-refractivity contribution in [1.29, 1.82) is 5.26 Å². The largest absolute Gasteiger partial charge is 0.490 e. The Bertz CT molecular complexity index is 1380. The lowest BCUT2D eigenvalue weighted by molar-refractivity contribution is -0.112. The van der Waals surface area contributed by atoms with E-state index in [4.69, 9.17) is 44.3 Å². The SMILES string of the molecule is CCOc1cc(/C=C(\C#N)C(=O)Nc2ccc(C(=O)OC)cc2)cc(Cl)c1OCc1ccc(Cl)c(Cl)c1. The molecule has 0 radical (unpaired) electrons. The van der Waals surface area contributed by atoms with Crippen molar-refractivity contribution in [1.82, 2.24) is 0 Å². The molecule has 0 saturated heterocycles. The monoisotopic (exact) mass is 558 g/mol. The van der Waals surface area contributed by atoms with E-state index in [1.165, 1.54) is 37.5 Å². The lowest BCUT2D eigenvalue weighted by Gasteiger charge is -2.15. The second-order valence-corrected chi connectivity index (χ2v) is 8.71. The van der Waals surface area contributed by atoms with Crippen LogP contribution in [0.1, 0.15) is 28.4 Å². The summed E-state index contributed by atoms with van der Waals surface area (Å²) < 4.78 is 16.2. The molecule has 0 spiro atoms. The summed E-state index contributed by atoms with van der Waals surface area (Å²) in [6.07, 6.45) is 1.38. The van der Waals surface area contributed by atoms with Crippen LogP contribution in [0.4, 0.5) is 5.69 Å². The van der Waals surface area contributed by atoms with Crippen molar-refractivity contribution in [2.24, 2.45) is 0 Å². The molecule has 1 amide bonds. The van der Waals surface area contributed by atoms with Gasteiger partial charge in [-0.2, -0.15) is 5.26 Å². The standard InChI is InChI=1S/C27H21Cl3N2O5/c1-3-36-24-13-17(12-23(30)25(24)37-15-16-4-9-21(28)22(29)11-16)10-19(14-31)26(33)32-20-7-5-18(6-8-20)27(34)35-2/h4-13H,3,15H2,1-2H3,(H,32,33)/b19-10+. The number of hydrogen-bond acceptors (Lipinski definition) is 6. The van der Waals surface area contributed by atoms with Gasteiger partial charge in [-0.05, 0) is 72.7 Å². The molecule has 10 heteroatoms. The summed E-state index contributed by atoms with van der Waals surface area (Å²) in [4.78, 5) is 24.3. The number of benzene rings is 3. The number of nitrogens with one attached hydrogen (secondary N) is 1.